The van der Waals surface area contributed by atoms with Crippen molar-refractivity contribution in [3.8, 4) is 16.9 Å². The van der Waals surface area contributed by atoms with Gasteiger partial charge in [0.2, 0.25) is 0 Å². The van der Waals surface area contributed by atoms with Crippen molar-refractivity contribution in [1.29, 1.82) is 0 Å². The lowest BCUT2D eigenvalue weighted by Gasteiger charge is -2.10. The first kappa shape index (κ1) is 12.0. The number of aromatic nitrogens is 2. The summed E-state index contributed by atoms with van der Waals surface area (Å²) < 4.78 is 7.86. The molecule has 2 aromatic rings. The molecule has 0 aliphatic carbocycles. The van der Waals surface area contributed by atoms with Crippen molar-refractivity contribution in [2.75, 3.05) is 12.8 Å². The Morgan fingerprint density at radius 2 is 2.06 bits per heavy atom. The fraction of sp³-hybridized carbons (Fsp3) is 0.250. The van der Waals surface area contributed by atoms with Crippen molar-refractivity contribution >= 4 is 21.7 Å². The molecule has 0 aliphatic heterocycles. The van der Waals surface area contributed by atoms with Crippen molar-refractivity contribution in [1.82, 2.24) is 9.78 Å². The largest absolute Gasteiger partial charge is 0.496 e. The zero-order valence-electron chi connectivity index (χ0n) is 9.99. The van der Waals surface area contributed by atoms with Crippen LogP contribution >= 0.6 is 15.9 Å². The number of nitrogen functional groups attached to an aromatic ring is 1. The van der Waals surface area contributed by atoms with Gasteiger partial charge in [0.1, 0.15) is 11.6 Å². The lowest BCUT2D eigenvalue weighted by atomic mass is 10.1. The van der Waals surface area contributed by atoms with Gasteiger partial charge >= 0.3 is 0 Å². The number of hydrogen-bond acceptors (Lipinski definition) is 3. The first-order valence-corrected chi connectivity index (χ1v) is 5.96. The minimum Gasteiger partial charge on any atom is -0.496 e. The smallest absolute Gasteiger partial charge is 0.133 e. The van der Waals surface area contributed by atoms with Crippen LogP contribution in [0.5, 0.6) is 5.75 Å². The predicted octanol–water partition coefficient (Wildman–Crippen LogP) is 2.75. The molecule has 0 bridgehead atoms. The van der Waals surface area contributed by atoms with Crippen LogP contribution in [0.3, 0.4) is 0 Å². The van der Waals surface area contributed by atoms with Crippen LogP contribution < -0.4 is 10.5 Å². The standard InChI is InChI=1S/C12H14BrN3O/c1-7-4-8(11(13)10(5-7)17-3)9-6-15-16(2)12(9)14/h4-6H,14H2,1-3H3. The number of aryl methyl sites for hydroxylation is 2. The maximum Gasteiger partial charge on any atom is 0.133 e. The lowest BCUT2D eigenvalue weighted by Crippen LogP contribution is -1.98. The number of benzene rings is 1. The number of nitrogens with two attached hydrogens (primary N) is 1. The van der Waals surface area contributed by atoms with Gasteiger partial charge in [-0.1, -0.05) is 0 Å². The van der Waals surface area contributed by atoms with Crippen LogP contribution in [-0.4, -0.2) is 16.9 Å². The zero-order chi connectivity index (χ0) is 12.6. The zero-order valence-corrected chi connectivity index (χ0v) is 11.6. The van der Waals surface area contributed by atoms with Crippen LogP contribution in [-0.2, 0) is 7.05 Å². The molecular formula is C12H14BrN3O. The highest BCUT2D eigenvalue weighted by molar-refractivity contribution is 9.10. The van der Waals surface area contributed by atoms with Gasteiger partial charge in [-0.15, -0.1) is 0 Å². The van der Waals surface area contributed by atoms with E-state index in [0.29, 0.717) is 5.82 Å². The highest BCUT2D eigenvalue weighted by atomic mass is 79.9. The molecular weight excluding hydrogens is 282 g/mol. The van der Waals surface area contributed by atoms with Crippen molar-refractivity contribution in [3.63, 3.8) is 0 Å². The number of ether oxygens (including phenoxy) is 1. The van der Waals surface area contributed by atoms with E-state index in [9.17, 15) is 0 Å². The molecule has 17 heavy (non-hydrogen) atoms. The van der Waals surface area contributed by atoms with Gasteiger partial charge in [-0.2, -0.15) is 5.10 Å². The summed E-state index contributed by atoms with van der Waals surface area (Å²) in [5.74, 6) is 1.43. The molecule has 2 N–H and O–H groups in total. The molecule has 1 aromatic heterocycles. The maximum absolute atomic E-state index is 5.98. The van der Waals surface area contributed by atoms with E-state index in [-0.39, 0.29) is 0 Å². The van der Waals surface area contributed by atoms with E-state index in [4.69, 9.17) is 10.5 Å². The monoisotopic (exact) mass is 295 g/mol. The average Bonchev–Trinajstić information content (AvgIpc) is 2.63. The Morgan fingerprint density at radius 1 is 1.35 bits per heavy atom. The van der Waals surface area contributed by atoms with Gasteiger partial charge in [0.05, 0.1) is 17.8 Å². The van der Waals surface area contributed by atoms with Crippen LogP contribution in [0.15, 0.2) is 22.8 Å². The van der Waals surface area contributed by atoms with E-state index in [0.717, 1.165) is 26.9 Å². The predicted molar refractivity (Wildman–Crippen MR) is 72.0 cm³/mol. The highest BCUT2D eigenvalue weighted by Crippen LogP contribution is 2.38. The Balaban J connectivity index is 2.67. The molecule has 0 amide bonds. The highest BCUT2D eigenvalue weighted by Gasteiger charge is 2.14. The summed E-state index contributed by atoms with van der Waals surface area (Å²) >= 11 is 3.54. The summed E-state index contributed by atoms with van der Waals surface area (Å²) in [5, 5.41) is 4.15. The van der Waals surface area contributed by atoms with Gasteiger partial charge in [0.15, 0.2) is 0 Å². The summed E-state index contributed by atoms with van der Waals surface area (Å²) in [6, 6.07) is 4.03. The third kappa shape index (κ3) is 2.02. The summed E-state index contributed by atoms with van der Waals surface area (Å²) in [4.78, 5) is 0. The van der Waals surface area contributed by atoms with E-state index in [1.165, 1.54) is 0 Å². The Bertz CT molecular complexity index is 563. The van der Waals surface area contributed by atoms with Crippen molar-refractivity contribution < 1.29 is 4.74 Å². The number of methoxy groups -OCH3 is 1. The van der Waals surface area contributed by atoms with Crippen LogP contribution in [0.1, 0.15) is 5.56 Å². The number of rotatable bonds is 2. The molecule has 1 aromatic carbocycles. The molecule has 2 rings (SSSR count). The number of nitrogens with zero attached hydrogens (tertiary/aromatic N) is 2. The second kappa shape index (κ2) is 4.41. The molecule has 0 atom stereocenters. The maximum atomic E-state index is 5.98. The van der Waals surface area contributed by atoms with E-state index >= 15 is 0 Å². The Kier molecular flexibility index (Phi) is 3.11. The van der Waals surface area contributed by atoms with Gasteiger partial charge in [0.25, 0.3) is 0 Å². The van der Waals surface area contributed by atoms with Gasteiger partial charge in [-0.3, -0.25) is 4.68 Å². The fourth-order valence-electron chi connectivity index (χ4n) is 1.73. The van der Waals surface area contributed by atoms with Crippen LogP contribution in [0.2, 0.25) is 0 Å². The van der Waals surface area contributed by atoms with Crippen LogP contribution in [0.25, 0.3) is 11.1 Å². The number of hydrogen-bond donors (Lipinski definition) is 1. The lowest BCUT2D eigenvalue weighted by molar-refractivity contribution is 0.412. The second-order valence-electron chi connectivity index (χ2n) is 3.90. The Hall–Kier alpha value is -1.49. The van der Waals surface area contributed by atoms with E-state index in [1.807, 2.05) is 20.0 Å². The van der Waals surface area contributed by atoms with Gasteiger partial charge in [-0.25, -0.2) is 0 Å². The van der Waals surface area contributed by atoms with Gasteiger partial charge < -0.3 is 10.5 Å². The SMILES string of the molecule is COc1cc(C)cc(-c2cnn(C)c2N)c1Br. The Morgan fingerprint density at radius 3 is 2.59 bits per heavy atom. The van der Waals surface area contributed by atoms with Crippen LogP contribution in [0, 0.1) is 6.92 Å². The third-order valence-corrected chi connectivity index (χ3v) is 3.50. The minimum atomic E-state index is 0.637. The second-order valence-corrected chi connectivity index (χ2v) is 4.69. The molecule has 0 saturated heterocycles. The van der Waals surface area contributed by atoms with Crippen molar-refractivity contribution in [2.45, 2.75) is 6.92 Å². The van der Waals surface area contributed by atoms with Crippen molar-refractivity contribution in [2.24, 2.45) is 7.05 Å². The summed E-state index contributed by atoms with van der Waals surface area (Å²) in [6.07, 6.45) is 1.76. The van der Waals surface area contributed by atoms with Gasteiger partial charge in [0, 0.05) is 18.2 Å². The quantitative estimate of drug-likeness (QED) is 0.927. The summed E-state index contributed by atoms with van der Waals surface area (Å²) in [7, 11) is 3.47. The molecule has 0 radical (unpaired) electrons. The van der Waals surface area contributed by atoms with Gasteiger partial charge in [-0.05, 0) is 40.5 Å². The number of anilines is 1. The molecule has 4 nitrogen and oxygen atoms in total. The molecule has 90 valence electrons. The molecule has 0 fully saturated rings. The molecule has 1 heterocycles. The van der Waals surface area contributed by atoms with Crippen molar-refractivity contribution in [3.05, 3.63) is 28.4 Å². The molecule has 0 saturated carbocycles. The molecule has 0 unspecified atom stereocenters. The summed E-state index contributed by atoms with van der Waals surface area (Å²) in [5.41, 5.74) is 9.00. The number of halogens is 1. The van der Waals surface area contributed by atoms with Crippen LogP contribution in [0.4, 0.5) is 5.82 Å². The molecule has 0 spiro atoms. The van der Waals surface area contributed by atoms with E-state index in [2.05, 4.69) is 27.1 Å². The average molecular weight is 296 g/mol. The third-order valence-electron chi connectivity index (χ3n) is 2.68. The normalized spacial score (nSPS) is 10.6. The summed E-state index contributed by atoms with van der Waals surface area (Å²) in [6.45, 7) is 2.02. The minimum absolute atomic E-state index is 0.637. The first-order chi connectivity index (χ1) is 8.04. The topological polar surface area (TPSA) is 53.1 Å². The van der Waals surface area contributed by atoms with E-state index in [1.54, 1.807) is 18.0 Å². The Labute approximate surface area is 109 Å². The van der Waals surface area contributed by atoms with E-state index < -0.39 is 0 Å². The molecule has 0 aliphatic rings. The first-order valence-electron chi connectivity index (χ1n) is 5.16. The molecule has 5 heteroatoms. The fourth-order valence-corrected chi connectivity index (χ4v) is 2.34.